The Bertz CT molecular complexity index is 433. The Kier molecular flexibility index (Phi) is 2.13. The molecular formula is C13H15NO2. The van der Waals surface area contributed by atoms with Crippen molar-refractivity contribution >= 4 is 5.78 Å². The lowest BCUT2D eigenvalue weighted by atomic mass is 9.88. The maximum Gasteiger partial charge on any atom is 0.180 e. The van der Waals surface area contributed by atoms with E-state index in [1.807, 2.05) is 12.2 Å². The Morgan fingerprint density at radius 1 is 1.44 bits per heavy atom. The van der Waals surface area contributed by atoms with Gasteiger partial charge in [0.25, 0.3) is 0 Å². The van der Waals surface area contributed by atoms with E-state index in [2.05, 4.69) is 18.3 Å². The van der Waals surface area contributed by atoms with Crippen molar-refractivity contribution in [1.29, 1.82) is 0 Å². The van der Waals surface area contributed by atoms with Crippen molar-refractivity contribution in [3.05, 3.63) is 35.5 Å². The van der Waals surface area contributed by atoms with E-state index in [1.54, 1.807) is 6.08 Å². The first-order chi connectivity index (χ1) is 7.66. The number of nitrogens with one attached hydrogen (secondary N) is 1. The van der Waals surface area contributed by atoms with E-state index in [4.69, 9.17) is 0 Å². The molecule has 0 aromatic rings. The number of aliphatic hydroxyl groups excluding tert-OH is 1. The van der Waals surface area contributed by atoms with Gasteiger partial charge in [0.05, 0.1) is 6.04 Å². The summed E-state index contributed by atoms with van der Waals surface area (Å²) in [4.78, 5) is 12.1. The largest absolute Gasteiger partial charge is 0.375 e. The van der Waals surface area contributed by atoms with E-state index < -0.39 is 6.23 Å². The highest BCUT2D eigenvalue weighted by Gasteiger charge is 2.43. The van der Waals surface area contributed by atoms with Crippen molar-refractivity contribution in [2.75, 3.05) is 0 Å². The molecule has 2 aliphatic carbocycles. The molecule has 0 spiro atoms. The van der Waals surface area contributed by atoms with Gasteiger partial charge in [-0.2, -0.15) is 0 Å². The summed E-state index contributed by atoms with van der Waals surface area (Å²) in [5.74, 6) is 0.752. The second kappa shape index (κ2) is 3.40. The van der Waals surface area contributed by atoms with Crippen LogP contribution in [0.2, 0.25) is 0 Å². The Morgan fingerprint density at radius 2 is 2.25 bits per heavy atom. The molecule has 0 bridgehead atoms. The standard InChI is InChI=1S/C13H15NO2/c1-7-2-3-9-10(6-7)8-4-5-11(15)14-12(8)13(9)16/h3-8,11-12,14-15H,2H2,1H3/t7?,8?,11-,12?/m0/s1. The maximum atomic E-state index is 12.1. The Labute approximate surface area is 94.5 Å². The summed E-state index contributed by atoms with van der Waals surface area (Å²) in [6.45, 7) is 2.16. The number of aliphatic hydroxyl groups is 1. The van der Waals surface area contributed by atoms with Crippen LogP contribution in [0.5, 0.6) is 0 Å². The van der Waals surface area contributed by atoms with Crippen molar-refractivity contribution in [2.45, 2.75) is 25.6 Å². The van der Waals surface area contributed by atoms with Gasteiger partial charge in [0.1, 0.15) is 6.23 Å². The molecule has 84 valence electrons. The number of ketones is 1. The van der Waals surface area contributed by atoms with Gasteiger partial charge in [-0.15, -0.1) is 0 Å². The number of rotatable bonds is 0. The lowest BCUT2D eigenvalue weighted by Crippen LogP contribution is -2.46. The Balaban J connectivity index is 2.05. The Morgan fingerprint density at radius 3 is 3.06 bits per heavy atom. The summed E-state index contributed by atoms with van der Waals surface area (Å²) >= 11 is 0. The molecule has 0 saturated heterocycles. The highest BCUT2D eigenvalue weighted by molar-refractivity contribution is 6.08. The smallest absolute Gasteiger partial charge is 0.180 e. The predicted octanol–water partition coefficient (Wildman–Crippen LogP) is 0.924. The minimum Gasteiger partial charge on any atom is -0.375 e. The summed E-state index contributed by atoms with van der Waals surface area (Å²) in [5, 5.41) is 12.4. The van der Waals surface area contributed by atoms with Gasteiger partial charge < -0.3 is 5.11 Å². The molecule has 3 rings (SSSR count). The van der Waals surface area contributed by atoms with Gasteiger partial charge in [-0.25, -0.2) is 0 Å². The number of carbonyl (C=O) groups excluding carboxylic acids is 1. The predicted molar refractivity (Wildman–Crippen MR) is 60.5 cm³/mol. The highest BCUT2D eigenvalue weighted by Crippen LogP contribution is 2.40. The van der Waals surface area contributed by atoms with Crippen LogP contribution < -0.4 is 5.32 Å². The molecule has 16 heavy (non-hydrogen) atoms. The molecule has 1 heterocycles. The van der Waals surface area contributed by atoms with Crippen molar-refractivity contribution in [2.24, 2.45) is 11.8 Å². The zero-order valence-corrected chi connectivity index (χ0v) is 9.18. The summed E-state index contributed by atoms with van der Waals surface area (Å²) in [6.07, 6.45) is 8.16. The Hall–Kier alpha value is -1.19. The second-order valence-corrected chi connectivity index (χ2v) is 4.82. The zero-order valence-electron chi connectivity index (χ0n) is 9.18. The first-order valence-electron chi connectivity index (χ1n) is 5.75. The van der Waals surface area contributed by atoms with Crippen LogP contribution in [0.1, 0.15) is 13.3 Å². The summed E-state index contributed by atoms with van der Waals surface area (Å²) in [5.41, 5.74) is 2.00. The van der Waals surface area contributed by atoms with E-state index >= 15 is 0 Å². The molecule has 1 fully saturated rings. The number of carbonyl (C=O) groups is 1. The monoisotopic (exact) mass is 217 g/mol. The molecule has 4 atom stereocenters. The van der Waals surface area contributed by atoms with Crippen LogP contribution in [0.3, 0.4) is 0 Å². The van der Waals surface area contributed by atoms with Crippen LogP contribution in [0.4, 0.5) is 0 Å². The maximum absolute atomic E-state index is 12.1. The van der Waals surface area contributed by atoms with Crippen LogP contribution in [-0.2, 0) is 4.79 Å². The molecule has 1 aliphatic heterocycles. The van der Waals surface area contributed by atoms with E-state index in [0.29, 0.717) is 5.92 Å². The zero-order chi connectivity index (χ0) is 11.3. The summed E-state index contributed by atoms with van der Waals surface area (Å²) in [6, 6.07) is -0.261. The molecular weight excluding hydrogens is 202 g/mol. The lowest BCUT2D eigenvalue weighted by Gasteiger charge is -2.24. The van der Waals surface area contributed by atoms with Gasteiger partial charge in [-0.3, -0.25) is 10.1 Å². The topological polar surface area (TPSA) is 49.3 Å². The quantitative estimate of drug-likeness (QED) is 0.593. The summed E-state index contributed by atoms with van der Waals surface area (Å²) in [7, 11) is 0. The SMILES string of the molecule is CC1C=C2C(=CC1)C(=O)C1N[C@@H](O)C=CC21. The van der Waals surface area contributed by atoms with Crippen molar-refractivity contribution in [3.8, 4) is 0 Å². The third-order valence-electron chi connectivity index (χ3n) is 3.59. The van der Waals surface area contributed by atoms with Crippen molar-refractivity contribution in [1.82, 2.24) is 5.32 Å². The van der Waals surface area contributed by atoms with Crippen LogP contribution in [0.25, 0.3) is 0 Å². The minimum atomic E-state index is -0.691. The lowest BCUT2D eigenvalue weighted by molar-refractivity contribution is -0.117. The van der Waals surface area contributed by atoms with E-state index in [-0.39, 0.29) is 17.7 Å². The molecule has 3 heteroatoms. The van der Waals surface area contributed by atoms with Gasteiger partial charge in [0, 0.05) is 11.5 Å². The van der Waals surface area contributed by atoms with Gasteiger partial charge in [0.2, 0.25) is 0 Å². The first-order valence-corrected chi connectivity index (χ1v) is 5.75. The average molecular weight is 217 g/mol. The van der Waals surface area contributed by atoms with Crippen LogP contribution >= 0.6 is 0 Å². The van der Waals surface area contributed by atoms with Crippen LogP contribution in [0.15, 0.2) is 35.5 Å². The molecule has 1 saturated carbocycles. The normalized spacial score (nSPS) is 41.2. The fourth-order valence-corrected chi connectivity index (χ4v) is 2.79. The van der Waals surface area contributed by atoms with Crippen molar-refractivity contribution in [3.63, 3.8) is 0 Å². The van der Waals surface area contributed by atoms with Crippen LogP contribution in [-0.4, -0.2) is 23.2 Å². The second-order valence-electron chi connectivity index (χ2n) is 4.82. The number of allylic oxidation sites excluding steroid dienone is 2. The summed E-state index contributed by atoms with van der Waals surface area (Å²) < 4.78 is 0. The molecule has 3 aliphatic rings. The molecule has 0 aromatic carbocycles. The highest BCUT2D eigenvalue weighted by atomic mass is 16.3. The van der Waals surface area contributed by atoms with Gasteiger partial charge in [-0.1, -0.05) is 25.2 Å². The molecule has 0 amide bonds. The average Bonchev–Trinajstić information content (AvgIpc) is 2.52. The molecule has 3 unspecified atom stereocenters. The van der Waals surface area contributed by atoms with Gasteiger partial charge >= 0.3 is 0 Å². The molecule has 0 aromatic heterocycles. The third-order valence-corrected chi connectivity index (χ3v) is 3.59. The van der Waals surface area contributed by atoms with E-state index in [9.17, 15) is 9.90 Å². The fourth-order valence-electron chi connectivity index (χ4n) is 2.79. The van der Waals surface area contributed by atoms with E-state index in [0.717, 1.165) is 17.6 Å². The number of fused-ring (bicyclic) bond motifs is 3. The first kappa shape index (κ1) is 10.00. The third kappa shape index (κ3) is 1.32. The number of hydrogen-bond acceptors (Lipinski definition) is 3. The molecule has 2 N–H and O–H groups in total. The van der Waals surface area contributed by atoms with Gasteiger partial charge in [0.15, 0.2) is 5.78 Å². The fraction of sp³-hybridized carbons (Fsp3) is 0.462. The minimum absolute atomic E-state index is 0.116. The van der Waals surface area contributed by atoms with Gasteiger partial charge in [-0.05, 0) is 24.0 Å². The number of hydrogen-bond donors (Lipinski definition) is 2. The number of Topliss-reactive ketones (excluding diaryl/α,β-unsaturated/α-hetero) is 1. The van der Waals surface area contributed by atoms with Crippen molar-refractivity contribution < 1.29 is 9.90 Å². The molecule has 3 nitrogen and oxygen atoms in total. The van der Waals surface area contributed by atoms with E-state index in [1.165, 1.54) is 0 Å². The van der Waals surface area contributed by atoms with Crippen LogP contribution in [0, 0.1) is 11.8 Å². The molecule has 0 radical (unpaired) electrons.